The first-order valence-electron chi connectivity index (χ1n) is 15.2. The van der Waals surface area contributed by atoms with Crippen molar-refractivity contribution in [2.75, 3.05) is 4.90 Å². The predicted octanol–water partition coefficient (Wildman–Crippen LogP) is 12.8. The summed E-state index contributed by atoms with van der Waals surface area (Å²) in [5.41, 5.74) is 9.99. The summed E-state index contributed by atoms with van der Waals surface area (Å²) >= 11 is 1.86. The van der Waals surface area contributed by atoms with E-state index in [1.807, 2.05) is 23.5 Å². The van der Waals surface area contributed by atoms with Crippen LogP contribution >= 0.6 is 11.3 Å². The van der Waals surface area contributed by atoms with Crippen LogP contribution in [0.4, 0.5) is 17.1 Å². The minimum absolute atomic E-state index is 0.910. The Kier molecular flexibility index (Phi) is 6.03. The van der Waals surface area contributed by atoms with Crippen molar-refractivity contribution in [2.45, 2.75) is 0 Å². The molecule has 0 atom stereocenters. The molecule has 0 N–H and O–H groups in total. The maximum Gasteiger partial charge on any atom is 0.135 e. The Morgan fingerprint density at radius 3 is 1.84 bits per heavy atom. The maximum absolute atomic E-state index is 6.19. The van der Waals surface area contributed by atoms with Crippen LogP contribution < -0.4 is 4.90 Å². The first-order valence-corrected chi connectivity index (χ1v) is 16.0. The van der Waals surface area contributed by atoms with Gasteiger partial charge in [0.2, 0.25) is 0 Å². The van der Waals surface area contributed by atoms with E-state index in [4.69, 9.17) is 4.42 Å². The van der Waals surface area contributed by atoms with Gasteiger partial charge in [0.05, 0.1) is 0 Å². The number of nitrogens with zero attached hydrogens (tertiary/aromatic N) is 1. The van der Waals surface area contributed by atoms with E-state index in [0.29, 0.717) is 0 Å². The molecule has 0 aliphatic rings. The van der Waals surface area contributed by atoms with Crippen molar-refractivity contribution in [3.63, 3.8) is 0 Å². The van der Waals surface area contributed by atoms with Crippen molar-refractivity contribution in [2.24, 2.45) is 0 Å². The molecule has 0 aliphatic heterocycles. The van der Waals surface area contributed by atoms with Gasteiger partial charge in [0.1, 0.15) is 11.2 Å². The lowest BCUT2D eigenvalue weighted by atomic mass is 9.98. The van der Waals surface area contributed by atoms with Crippen LogP contribution in [-0.2, 0) is 0 Å². The lowest BCUT2D eigenvalue weighted by Gasteiger charge is -2.26. The van der Waals surface area contributed by atoms with Crippen LogP contribution in [0.3, 0.4) is 0 Å². The number of furan rings is 1. The lowest BCUT2D eigenvalue weighted by molar-refractivity contribution is 0.669. The van der Waals surface area contributed by atoms with Gasteiger partial charge in [-0.1, -0.05) is 103 Å². The van der Waals surface area contributed by atoms with Crippen LogP contribution in [0.25, 0.3) is 64.4 Å². The van der Waals surface area contributed by atoms with E-state index < -0.39 is 0 Å². The number of benzene rings is 7. The van der Waals surface area contributed by atoms with Gasteiger partial charge < -0.3 is 9.32 Å². The molecule has 3 heteroatoms. The fourth-order valence-electron chi connectivity index (χ4n) is 6.51. The Bertz CT molecular complexity index is 2470. The third-order valence-corrected chi connectivity index (χ3v) is 9.88. The SMILES string of the molecule is c1ccc(-c2ccc(N(c3ccccc3)c3cc(-c4ccc5oc6ccccc6c5c4)c4sc5ccccc5c4c3)cc2)cc1. The molecule has 9 aromatic rings. The first kappa shape index (κ1) is 25.8. The molecule has 0 bridgehead atoms. The van der Waals surface area contributed by atoms with Gasteiger partial charge in [-0.2, -0.15) is 0 Å². The zero-order valence-corrected chi connectivity index (χ0v) is 25.2. The quantitative estimate of drug-likeness (QED) is 0.197. The van der Waals surface area contributed by atoms with Gasteiger partial charge in [0, 0.05) is 53.6 Å². The normalized spacial score (nSPS) is 11.6. The van der Waals surface area contributed by atoms with Crippen LogP contribution in [0.2, 0.25) is 0 Å². The molecule has 9 rings (SSSR count). The second-order valence-corrected chi connectivity index (χ2v) is 12.4. The Morgan fingerprint density at radius 1 is 0.400 bits per heavy atom. The fraction of sp³-hybridized carbons (Fsp3) is 0. The molecule has 0 fully saturated rings. The van der Waals surface area contributed by atoms with Gasteiger partial charge >= 0.3 is 0 Å². The number of hydrogen-bond donors (Lipinski definition) is 0. The van der Waals surface area contributed by atoms with Crippen LogP contribution in [0.15, 0.2) is 168 Å². The molecule has 0 amide bonds. The Morgan fingerprint density at radius 2 is 1.02 bits per heavy atom. The average molecular weight is 594 g/mol. The Labute approximate surface area is 265 Å². The summed E-state index contributed by atoms with van der Waals surface area (Å²) in [6.45, 7) is 0. The summed E-state index contributed by atoms with van der Waals surface area (Å²) in [4.78, 5) is 2.37. The summed E-state index contributed by atoms with van der Waals surface area (Å²) in [6.07, 6.45) is 0. The highest BCUT2D eigenvalue weighted by Crippen LogP contribution is 2.46. The van der Waals surface area contributed by atoms with Crippen molar-refractivity contribution in [1.29, 1.82) is 0 Å². The van der Waals surface area contributed by atoms with Gasteiger partial charge in [-0.25, -0.2) is 0 Å². The number of fused-ring (bicyclic) bond motifs is 6. The van der Waals surface area contributed by atoms with Crippen molar-refractivity contribution in [3.8, 4) is 22.3 Å². The molecule has 0 spiro atoms. The highest BCUT2D eigenvalue weighted by atomic mass is 32.1. The number of thiophene rings is 1. The van der Waals surface area contributed by atoms with Crippen LogP contribution in [0.5, 0.6) is 0 Å². The summed E-state index contributed by atoms with van der Waals surface area (Å²) < 4.78 is 8.77. The summed E-state index contributed by atoms with van der Waals surface area (Å²) in [5, 5.41) is 4.83. The van der Waals surface area contributed by atoms with Gasteiger partial charge in [-0.15, -0.1) is 11.3 Å². The molecule has 2 heterocycles. The molecular formula is C42H27NOS. The van der Waals surface area contributed by atoms with Gasteiger partial charge in [-0.05, 0) is 77.4 Å². The van der Waals surface area contributed by atoms with Crippen LogP contribution in [-0.4, -0.2) is 0 Å². The fourth-order valence-corrected chi connectivity index (χ4v) is 7.73. The average Bonchev–Trinajstić information content (AvgIpc) is 3.67. The van der Waals surface area contributed by atoms with E-state index >= 15 is 0 Å². The molecule has 212 valence electrons. The third kappa shape index (κ3) is 4.40. The number of rotatable bonds is 5. The molecule has 0 radical (unpaired) electrons. The molecule has 7 aromatic carbocycles. The van der Waals surface area contributed by atoms with E-state index in [1.165, 1.54) is 42.4 Å². The largest absolute Gasteiger partial charge is 0.456 e. The third-order valence-electron chi connectivity index (χ3n) is 8.66. The highest BCUT2D eigenvalue weighted by molar-refractivity contribution is 7.26. The van der Waals surface area contributed by atoms with Gasteiger partial charge in [-0.3, -0.25) is 0 Å². The second-order valence-electron chi connectivity index (χ2n) is 11.4. The van der Waals surface area contributed by atoms with Gasteiger partial charge in [0.25, 0.3) is 0 Å². The Hall–Kier alpha value is -5.64. The minimum Gasteiger partial charge on any atom is -0.456 e. The molecule has 2 nitrogen and oxygen atoms in total. The standard InChI is InChI=1S/C42H27NOS/c1-3-11-28(12-4-1)29-19-22-32(23-20-29)43(31-13-5-2-6-14-31)33-26-36(42-38(27-33)35-16-8-10-18-41(35)45-42)30-21-24-40-37(25-30)34-15-7-9-17-39(34)44-40/h1-27H. The van der Waals surface area contributed by atoms with Crippen LogP contribution in [0.1, 0.15) is 0 Å². The second kappa shape index (κ2) is 10.5. The summed E-state index contributed by atoms with van der Waals surface area (Å²) in [7, 11) is 0. The first-order chi connectivity index (χ1) is 22.3. The van der Waals surface area contributed by atoms with Crippen molar-refractivity contribution in [1.82, 2.24) is 0 Å². The van der Waals surface area contributed by atoms with Gasteiger partial charge in [0.15, 0.2) is 0 Å². The molecule has 0 unspecified atom stereocenters. The monoisotopic (exact) mass is 593 g/mol. The van der Waals surface area contributed by atoms with E-state index in [0.717, 1.165) is 39.0 Å². The zero-order chi connectivity index (χ0) is 29.7. The van der Waals surface area contributed by atoms with Crippen molar-refractivity contribution in [3.05, 3.63) is 164 Å². The maximum atomic E-state index is 6.19. The number of hydrogen-bond acceptors (Lipinski definition) is 3. The number of para-hydroxylation sites is 2. The smallest absolute Gasteiger partial charge is 0.135 e. The van der Waals surface area contributed by atoms with E-state index in [9.17, 15) is 0 Å². The molecular weight excluding hydrogens is 567 g/mol. The predicted molar refractivity (Wildman–Crippen MR) is 192 cm³/mol. The molecule has 45 heavy (non-hydrogen) atoms. The van der Waals surface area contributed by atoms with E-state index in [1.54, 1.807) is 0 Å². The minimum atomic E-state index is 0.910. The molecule has 0 saturated heterocycles. The lowest BCUT2D eigenvalue weighted by Crippen LogP contribution is -2.10. The summed E-state index contributed by atoms with van der Waals surface area (Å²) in [6, 6.07) is 58.5. The zero-order valence-electron chi connectivity index (χ0n) is 24.4. The van der Waals surface area contributed by atoms with Crippen LogP contribution in [0, 0.1) is 0 Å². The van der Waals surface area contributed by atoms with Crippen molar-refractivity contribution >= 4 is 70.5 Å². The molecule has 2 aromatic heterocycles. The number of anilines is 3. The molecule has 0 saturated carbocycles. The Balaban J connectivity index is 1.29. The molecule has 0 aliphatic carbocycles. The topological polar surface area (TPSA) is 16.4 Å². The van der Waals surface area contributed by atoms with E-state index in [-0.39, 0.29) is 0 Å². The van der Waals surface area contributed by atoms with Crippen molar-refractivity contribution < 1.29 is 4.42 Å². The van der Waals surface area contributed by atoms with E-state index in [2.05, 4.69) is 157 Å². The highest BCUT2D eigenvalue weighted by Gasteiger charge is 2.19. The summed E-state index contributed by atoms with van der Waals surface area (Å²) in [5.74, 6) is 0.